The molecule has 0 aromatic rings. The SMILES string of the molecule is CC(C)(C)OC(=O)NC[C@@H]1COCC[C@H]1C#N. The summed E-state index contributed by atoms with van der Waals surface area (Å²) in [6.07, 6.45) is 0.289. The molecule has 17 heavy (non-hydrogen) atoms. The molecule has 1 amide bonds. The molecule has 2 atom stereocenters. The number of rotatable bonds is 2. The minimum atomic E-state index is -0.498. The highest BCUT2D eigenvalue weighted by Crippen LogP contribution is 2.20. The van der Waals surface area contributed by atoms with Crippen molar-refractivity contribution in [3.05, 3.63) is 0 Å². The molecule has 1 heterocycles. The lowest BCUT2D eigenvalue weighted by atomic mass is 9.90. The maximum Gasteiger partial charge on any atom is 0.407 e. The van der Waals surface area contributed by atoms with Crippen LogP contribution in [0.15, 0.2) is 0 Å². The van der Waals surface area contributed by atoms with Gasteiger partial charge < -0.3 is 14.8 Å². The van der Waals surface area contributed by atoms with E-state index in [4.69, 9.17) is 14.7 Å². The number of ether oxygens (including phenoxy) is 2. The fourth-order valence-corrected chi connectivity index (χ4v) is 1.70. The van der Waals surface area contributed by atoms with Crippen LogP contribution in [-0.2, 0) is 9.47 Å². The van der Waals surface area contributed by atoms with Crippen molar-refractivity contribution < 1.29 is 14.3 Å². The van der Waals surface area contributed by atoms with Gasteiger partial charge in [0.15, 0.2) is 0 Å². The zero-order chi connectivity index (χ0) is 12.9. The molecule has 0 spiro atoms. The van der Waals surface area contributed by atoms with E-state index < -0.39 is 11.7 Å². The van der Waals surface area contributed by atoms with Crippen LogP contribution in [0.4, 0.5) is 4.79 Å². The first kappa shape index (κ1) is 13.8. The monoisotopic (exact) mass is 240 g/mol. The molecule has 0 saturated carbocycles. The molecule has 0 unspecified atom stereocenters. The highest BCUT2D eigenvalue weighted by Gasteiger charge is 2.26. The number of nitrogens with zero attached hydrogens (tertiary/aromatic N) is 1. The van der Waals surface area contributed by atoms with Crippen LogP contribution in [0.25, 0.3) is 0 Å². The van der Waals surface area contributed by atoms with Crippen LogP contribution in [0.2, 0.25) is 0 Å². The number of carbonyl (C=O) groups is 1. The van der Waals surface area contributed by atoms with Crippen molar-refractivity contribution in [3.8, 4) is 6.07 Å². The second kappa shape index (κ2) is 5.87. The lowest BCUT2D eigenvalue weighted by Crippen LogP contribution is -2.40. The first-order chi connectivity index (χ1) is 7.92. The minimum absolute atomic E-state index is 0.0429. The molecule has 0 radical (unpaired) electrons. The Hall–Kier alpha value is -1.28. The molecule has 1 rings (SSSR count). The number of nitrogens with one attached hydrogen (secondary N) is 1. The molecule has 0 aromatic heterocycles. The number of hydrogen-bond acceptors (Lipinski definition) is 4. The van der Waals surface area contributed by atoms with Crippen molar-refractivity contribution in [2.24, 2.45) is 11.8 Å². The predicted octanol–water partition coefficient (Wildman–Crippen LogP) is 1.69. The Bertz CT molecular complexity index is 304. The van der Waals surface area contributed by atoms with E-state index in [9.17, 15) is 4.79 Å². The van der Waals surface area contributed by atoms with Gasteiger partial charge in [-0.25, -0.2) is 4.79 Å². The van der Waals surface area contributed by atoms with E-state index in [1.807, 2.05) is 20.8 Å². The first-order valence-corrected chi connectivity index (χ1v) is 5.86. The maximum absolute atomic E-state index is 11.4. The Labute approximate surface area is 102 Å². The maximum atomic E-state index is 11.4. The van der Waals surface area contributed by atoms with Crippen LogP contribution in [0, 0.1) is 23.2 Å². The Morgan fingerprint density at radius 3 is 2.88 bits per heavy atom. The van der Waals surface area contributed by atoms with E-state index in [0.717, 1.165) is 6.42 Å². The first-order valence-electron chi connectivity index (χ1n) is 5.86. The number of alkyl carbamates (subject to hydrolysis) is 1. The predicted molar refractivity (Wildman–Crippen MR) is 62.3 cm³/mol. The smallest absolute Gasteiger partial charge is 0.407 e. The standard InChI is InChI=1S/C12H20N2O3/c1-12(2,3)17-11(15)14-7-10-8-16-5-4-9(10)6-13/h9-10H,4-5,7-8H2,1-3H3,(H,14,15)/t9-,10+/m0/s1. The highest BCUT2D eigenvalue weighted by molar-refractivity contribution is 5.67. The average Bonchev–Trinajstić information content (AvgIpc) is 2.24. The summed E-state index contributed by atoms with van der Waals surface area (Å²) in [4.78, 5) is 11.4. The minimum Gasteiger partial charge on any atom is -0.444 e. The highest BCUT2D eigenvalue weighted by atomic mass is 16.6. The number of hydrogen-bond donors (Lipinski definition) is 1. The van der Waals surface area contributed by atoms with Gasteiger partial charge in [0.05, 0.1) is 18.6 Å². The summed E-state index contributed by atoms with van der Waals surface area (Å²) < 4.78 is 10.4. The molecule has 0 bridgehead atoms. The van der Waals surface area contributed by atoms with Gasteiger partial charge in [-0.05, 0) is 27.2 Å². The molecule has 0 aromatic carbocycles. The molecule has 96 valence electrons. The van der Waals surface area contributed by atoms with Gasteiger partial charge in [0.25, 0.3) is 0 Å². The Morgan fingerprint density at radius 2 is 2.29 bits per heavy atom. The van der Waals surface area contributed by atoms with E-state index in [2.05, 4.69) is 11.4 Å². The third-order valence-electron chi connectivity index (χ3n) is 2.55. The topological polar surface area (TPSA) is 71.3 Å². The van der Waals surface area contributed by atoms with Gasteiger partial charge in [-0.1, -0.05) is 0 Å². The van der Waals surface area contributed by atoms with Crippen LogP contribution in [0.5, 0.6) is 0 Å². The van der Waals surface area contributed by atoms with Gasteiger partial charge >= 0.3 is 6.09 Å². The number of amides is 1. The molecular weight excluding hydrogens is 220 g/mol. The van der Waals surface area contributed by atoms with Crippen molar-refractivity contribution in [1.82, 2.24) is 5.32 Å². The largest absolute Gasteiger partial charge is 0.444 e. The van der Waals surface area contributed by atoms with Crippen molar-refractivity contribution in [1.29, 1.82) is 5.26 Å². The molecule has 1 saturated heterocycles. The Kier molecular flexibility index (Phi) is 4.76. The molecule has 1 aliphatic heterocycles. The van der Waals surface area contributed by atoms with Gasteiger partial charge in [-0.3, -0.25) is 0 Å². The van der Waals surface area contributed by atoms with Gasteiger partial charge in [0.2, 0.25) is 0 Å². The molecule has 5 heteroatoms. The molecule has 1 aliphatic rings. The summed E-state index contributed by atoms with van der Waals surface area (Å²) >= 11 is 0. The zero-order valence-corrected chi connectivity index (χ0v) is 10.7. The normalized spacial score (nSPS) is 24.8. The van der Waals surface area contributed by atoms with Crippen LogP contribution in [0.3, 0.4) is 0 Å². The summed E-state index contributed by atoms with van der Waals surface area (Å²) in [6.45, 7) is 7.01. The fourth-order valence-electron chi connectivity index (χ4n) is 1.70. The van der Waals surface area contributed by atoms with Crippen molar-refractivity contribution in [2.45, 2.75) is 32.8 Å². The molecule has 1 fully saturated rings. The third-order valence-corrected chi connectivity index (χ3v) is 2.55. The van der Waals surface area contributed by atoms with Crippen molar-refractivity contribution in [2.75, 3.05) is 19.8 Å². The average molecular weight is 240 g/mol. The van der Waals surface area contributed by atoms with E-state index in [1.165, 1.54) is 0 Å². The molecular formula is C12H20N2O3. The lowest BCUT2D eigenvalue weighted by molar-refractivity contribution is 0.0269. The summed E-state index contributed by atoms with van der Waals surface area (Å²) in [7, 11) is 0. The third kappa shape index (κ3) is 5.05. The van der Waals surface area contributed by atoms with Gasteiger partial charge in [-0.2, -0.15) is 5.26 Å². The zero-order valence-electron chi connectivity index (χ0n) is 10.7. The van der Waals surface area contributed by atoms with Crippen LogP contribution < -0.4 is 5.32 Å². The van der Waals surface area contributed by atoms with Gasteiger partial charge in [0, 0.05) is 19.1 Å². The Balaban J connectivity index is 2.34. The molecule has 5 nitrogen and oxygen atoms in total. The lowest BCUT2D eigenvalue weighted by Gasteiger charge is -2.27. The van der Waals surface area contributed by atoms with E-state index in [-0.39, 0.29) is 11.8 Å². The second-order valence-corrected chi connectivity index (χ2v) is 5.24. The summed E-state index contributed by atoms with van der Waals surface area (Å²) in [6, 6.07) is 2.25. The quantitative estimate of drug-likeness (QED) is 0.797. The van der Waals surface area contributed by atoms with Gasteiger partial charge in [-0.15, -0.1) is 0 Å². The van der Waals surface area contributed by atoms with Crippen LogP contribution in [0.1, 0.15) is 27.2 Å². The fraction of sp³-hybridized carbons (Fsp3) is 0.833. The van der Waals surface area contributed by atoms with E-state index in [0.29, 0.717) is 19.8 Å². The van der Waals surface area contributed by atoms with E-state index >= 15 is 0 Å². The number of nitriles is 1. The molecule has 0 aliphatic carbocycles. The second-order valence-electron chi connectivity index (χ2n) is 5.24. The summed E-state index contributed by atoms with van der Waals surface area (Å²) in [5.74, 6) is 0.0138. The van der Waals surface area contributed by atoms with Crippen molar-refractivity contribution in [3.63, 3.8) is 0 Å². The van der Waals surface area contributed by atoms with Crippen LogP contribution in [-0.4, -0.2) is 31.5 Å². The molecule has 1 N–H and O–H groups in total. The summed E-state index contributed by atoms with van der Waals surface area (Å²) in [5, 5.41) is 11.6. The van der Waals surface area contributed by atoms with Crippen LogP contribution >= 0.6 is 0 Å². The summed E-state index contributed by atoms with van der Waals surface area (Å²) in [5.41, 5.74) is -0.498. The number of carbonyl (C=O) groups excluding carboxylic acids is 1. The van der Waals surface area contributed by atoms with E-state index in [1.54, 1.807) is 0 Å². The Morgan fingerprint density at radius 1 is 1.59 bits per heavy atom. The van der Waals surface area contributed by atoms with Gasteiger partial charge in [0.1, 0.15) is 5.60 Å². The van der Waals surface area contributed by atoms with Crippen molar-refractivity contribution >= 4 is 6.09 Å².